The number of hydrogen-bond donors (Lipinski definition) is 4. The zero-order valence-electron chi connectivity index (χ0n) is 7.64. The fourth-order valence-corrected chi connectivity index (χ4v) is 1.08. The van der Waals surface area contributed by atoms with Gasteiger partial charge in [0.15, 0.2) is 11.5 Å². The molecule has 1 aromatic rings. The van der Waals surface area contributed by atoms with Crippen LogP contribution in [0, 0.1) is 5.82 Å². The first-order valence-electron chi connectivity index (χ1n) is 4.11. The summed E-state index contributed by atoms with van der Waals surface area (Å²) in [4.78, 5) is 10.4. The molecule has 1 atom stereocenters. The third-order valence-corrected chi connectivity index (χ3v) is 1.94. The molecule has 0 saturated carbocycles. The minimum absolute atomic E-state index is 0.0419. The molecule has 0 aliphatic rings. The van der Waals surface area contributed by atoms with Crippen LogP contribution in [-0.4, -0.2) is 27.3 Å². The summed E-state index contributed by atoms with van der Waals surface area (Å²) in [6, 6.07) is 1.02. The van der Waals surface area contributed by atoms with Gasteiger partial charge in [0.1, 0.15) is 6.04 Å². The second-order valence-electron chi connectivity index (χ2n) is 3.06. The Kier molecular flexibility index (Phi) is 3.11. The van der Waals surface area contributed by atoms with Gasteiger partial charge in [0.2, 0.25) is 5.82 Å². The quantitative estimate of drug-likeness (QED) is 0.576. The van der Waals surface area contributed by atoms with Gasteiger partial charge in [-0.15, -0.1) is 0 Å². The van der Waals surface area contributed by atoms with Gasteiger partial charge < -0.3 is 21.1 Å². The van der Waals surface area contributed by atoms with Gasteiger partial charge in [-0.2, -0.15) is 4.39 Å². The van der Waals surface area contributed by atoms with Gasteiger partial charge in [-0.3, -0.25) is 4.79 Å². The second kappa shape index (κ2) is 4.14. The summed E-state index contributed by atoms with van der Waals surface area (Å²) in [6.45, 7) is 0. The Morgan fingerprint density at radius 2 is 2.07 bits per heavy atom. The fourth-order valence-electron chi connectivity index (χ4n) is 1.08. The van der Waals surface area contributed by atoms with Crippen molar-refractivity contribution in [3.05, 3.63) is 23.5 Å². The number of nitrogens with two attached hydrogens (primary N) is 1. The van der Waals surface area contributed by atoms with Crippen LogP contribution in [0.15, 0.2) is 12.1 Å². The van der Waals surface area contributed by atoms with E-state index in [4.69, 9.17) is 15.9 Å². The normalized spacial score (nSPS) is 12.4. The number of carboxylic acid groups (broad SMARTS) is 1. The summed E-state index contributed by atoms with van der Waals surface area (Å²) < 4.78 is 13.0. The molecule has 15 heavy (non-hydrogen) atoms. The van der Waals surface area contributed by atoms with Gasteiger partial charge >= 0.3 is 5.97 Å². The van der Waals surface area contributed by atoms with Crippen LogP contribution in [0.2, 0.25) is 0 Å². The van der Waals surface area contributed by atoms with Gasteiger partial charge in [0, 0.05) is 6.42 Å². The predicted molar refractivity (Wildman–Crippen MR) is 49.0 cm³/mol. The van der Waals surface area contributed by atoms with Crippen LogP contribution < -0.4 is 5.73 Å². The smallest absolute Gasteiger partial charge is 0.320 e. The van der Waals surface area contributed by atoms with Gasteiger partial charge in [0.25, 0.3) is 0 Å². The molecule has 0 bridgehead atoms. The van der Waals surface area contributed by atoms with E-state index in [1.165, 1.54) is 6.07 Å². The van der Waals surface area contributed by atoms with E-state index in [1.54, 1.807) is 0 Å². The summed E-state index contributed by atoms with van der Waals surface area (Å²) in [6.07, 6.45) is -0.210. The highest BCUT2D eigenvalue weighted by Gasteiger charge is 2.17. The number of halogens is 1. The van der Waals surface area contributed by atoms with E-state index >= 15 is 0 Å². The van der Waals surface area contributed by atoms with Crippen LogP contribution in [0.25, 0.3) is 0 Å². The lowest BCUT2D eigenvalue weighted by Crippen LogP contribution is -2.32. The molecule has 0 radical (unpaired) electrons. The number of rotatable bonds is 3. The van der Waals surface area contributed by atoms with Crippen molar-refractivity contribution in [3.8, 4) is 11.5 Å². The largest absolute Gasteiger partial charge is 0.505 e. The van der Waals surface area contributed by atoms with E-state index in [0.29, 0.717) is 0 Å². The van der Waals surface area contributed by atoms with Crippen molar-refractivity contribution < 1.29 is 24.5 Å². The lowest BCUT2D eigenvalue weighted by molar-refractivity contribution is -0.138. The third-order valence-electron chi connectivity index (χ3n) is 1.94. The van der Waals surface area contributed by atoms with Crippen molar-refractivity contribution in [3.63, 3.8) is 0 Å². The molecule has 1 rings (SSSR count). The van der Waals surface area contributed by atoms with E-state index in [0.717, 1.165) is 6.07 Å². The van der Waals surface area contributed by atoms with Crippen LogP contribution in [0.3, 0.4) is 0 Å². The van der Waals surface area contributed by atoms with Crippen LogP contribution in [0.5, 0.6) is 11.5 Å². The van der Waals surface area contributed by atoms with Gasteiger partial charge in [-0.05, 0) is 11.6 Å². The number of aromatic hydroxyl groups is 2. The number of phenols is 2. The molecule has 0 spiro atoms. The van der Waals surface area contributed by atoms with Crippen molar-refractivity contribution in [2.24, 2.45) is 5.73 Å². The van der Waals surface area contributed by atoms with E-state index in [-0.39, 0.29) is 12.0 Å². The Balaban J connectivity index is 2.97. The Morgan fingerprint density at radius 1 is 1.47 bits per heavy atom. The van der Waals surface area contributed by atoms with Crippen molar-refractivity contribution in [2.75, 3.05) is 0 Å². The second-order valence-corrected chi connectivity index (χ2v) is 3.06. The standard InChI is InChI=1S/C9H10FNO4/c10-7-6(12)2-1-4(8(7)13)3-5(11)9(14)15/h1-2,5,12-13H,3,11H2,(H,14,15). The van der Waals surface area contributed by atoms with Crippen LogP contribution in [0.4, 0.5) is 4.39 Å². The molecule has 0 aromatic heterocycles. The highest BCUT2D eigenvalue weighted by Crippen LogP contribution is 2.28. The summed E-state index contributed by atoms with van der Waals surface area (Å²) in [5.41, 5.74) is 5.25. The monoisotopic (exact) mass is 215 g/mol. The van der Waals surface area contributed by atoms with E-state index < -0.39 is 29.3 Å². The fraction of sp³-hybridized carbons (Fsp3) is 0.222. The summed E-state index contributed by atoms with van der Waals surface area (Å²) in [5, 5.41) is 26.6. The topological polar surface area (TPSA) is 104 Å². The zero-order valence-corrected chi connectivity index (χ0v) is 7.64. The molecule has 6 heteroatoms. The highest BCUT2D eigenvalue weighted by atomic mass is 19.1. The third kappa shape index (κ3) is 2.35. The van der Waals surface area contributed by atoms with Gasteiger partial charge in [0.05, 0.1) is 0 Å². The molecule has 5 nitrogen and oxygen atoms in total. The SMILES string of the molecule is NC(Cc1ccc(O)c(F)c1O)C(=O)O. The van der Waals surface area contributed by atoms with Crippen LogP contribution in [0.1, 0.15) is 5.56 Å². The van der Waals surface area contributed by atoms with E-state index in [2.05, 4.69) is 0 Å². The number of hydrogen-bond acceptors (Lipinski definition) is 4. The molecule has 0 aliphatic heterocycles. The first-order chi connectivity index (χ1) is 6.93. The van der Waals surface area contributed by atoms with Crippen molar-refractivity contribution in [2.45, 2.75) is 12.5 Å². The average Bonchev–Trinajstić information content (AvgIpc) is 2.18. The van der Waals surface area contributed by atoms with Crippen molar-refractivity contribution in [1.29, 1.82) is 0 Å². The lowest BCUT2D eigenvalue weighted by atomic mass is 10.1. The summed E-state index contributed by atoms with van der Waals surface area (Å²) >= 11 is 0. The molecule has 0 amide bonds. The molecular weight excluding hydrogens is 205 g/mol. The molecule has 1 unspecified atom stereocenters. The molecule has 0 saturated heterocycles. The maximum atomic E-state index is 13.0. The van der Waals surface area contributed by atoms with E-state index in [1.807, 2.05) is 0 Å². The zero-order chi connectivity index (χ0) is 11.6. The number of carbonyl (C=O) groups is 1. The van der Waals surface area contributed by atoms with Crippen molar-refractivity contribution >= 4 is 5.97 Å². The Bertz CT molecular complexity index is 394. The Labute approximate surface area is 84.6 Å². The number of carboxylic acids is 1. The van der Waals surface area contributed by atoms with Gasteiger partial charge in [-0.25, -0.2) is 0 Å². The molecule has 0 aliphatic carbocycles. The Morgan fingerprint density at radius 3 is 2.60 bits per heavy atom. The molecule has 0 heterocycles. The summed E-state index contributed by atoms with van der Waals surface area (Å²) in [5.74, 6) is -3.89. The van der Waals surface area contributed by atoms with Crippen LogP contribution >= 0.6 is 0 Å². The minimum Gasteiger partial charge on any atom is -0.505 e. The number of benzene rings is 1. The minimum atomic E-state index is -1.25. The number of aliphatic carboxylic acids is 1. The first-order valence-corrected chi connectivity index (χ1v) is 4.11. The summed E-state index contributed by atoms with van der Waals surface area (Å²) in [7, 11) is 0. The maximum absolute atomic E-state index is 13.0. The lowest BCUT2D eigenvalue weighted by Gasteiger charge is -2.09. The van der Waals surface area contributed by atoms with Crippen molar-refractivity contribution in [1.82, 2.24) is 0 Å². The van der Waals surface area contributed by atoms with E-state index in [9.17, 15) is 14.3 Å². The molecular formula is C9H10FNO4. The Hall–Kier alpha value is -1.82. The first kappa shape index (κ1) is 11.3. The van der Waals surface area contributed by atoms with Crippen LogP contribution in [-0.2, 0) is 11.2 Å². The molecule has 1 aromatic carbocycles. The van der Waals surface area contributed by atoms with Gasteiger partial charge in [-0.1, -0.05) is 6.07 Å². The molecule has 82 valence electrons. The maximum Gasteiger partial charge on any atom is 0.320 e. The average molecular weight is 215 g/mol. The molecule has 5 N–H and O–H groups in total. The molecule has 0 fully saturated rings. The highest BCUT2D eigenvalue weighted by molar-refractivity contribution is 5.73. The number of phenolic OH excluding ortho intramolecular Hbond substituents is 2. The predicted octanol–water partition coefficient (Wildman–Crippen LogP) is 0.191.